The zero-order valence-electron chi connectivity index (χ0n) is 12.0. The molecule has 1 aromatic carbocycles. The molecule has 1 amide bonds. The third kappa shape index (κ3) is 1.67. The molecule has 1 heterocycles. The minimum absolute atomic E-state index is 0.0155. The molecule has 0 aliphatic heterocycles. The van der Waals surface area contributed by atoms with E-state index in [1.165, 1.54) is 11.1 Å². The molecule has 2 aliphatic rings. The minimum Gasteiger partial charge on any atom is -0.369 e. The summed E-state index contributed by atoms with van der Waals surface area (Å²) in [6.07, 6.45) is 3.88. The molecule has 0 saturated heterocycles. The third-order valence-corrected chi connectivity index (χ3v) is 5.35. The van der Waals surface area contributed by atoms with E-state index in [-0.39, 0.29) is 17.2 Å². The zero-order chi connectivity index (χ0) is 14.6. The normalized spacial score (nSPS) is 29.4. The van der Waals surface area contributed by atoms with Crippen LogP contribution in [0.5, 0.6) is 0 Å². The first kappa shape index (κ1) is 12.6. The molecule has 3 heteroatoms. The minimum atomic E-state index is -0.149. The largest absolute Gasteiger partial charge is 0.369 e. The van der Waals surface area contributed by atoms with E-state index < -0.39 is 0 Å². The van der Waals surface area contributed by atoms with Gasteiger partial charge in [0, 0.05) is 23.1 Å². The topological polar surface area (TPSA) is 56.0 Å². The molecule has 1 aromatic heterocycles. The van der Waals surface area contributed by atoms with Gasteiger partial charge >= 0.3 is 0 Å². The summed E-state index contributed by atoms with van der Waals surface area (Å²) in [5.74, 6) is 0.514. The highest BCUT2D eigenvalue weighted by atomic mass is 16.1. The number of benzene rings is 1. The molecule has 3 atom stereocenters. The standard InChI is InChI=1S/C18H18N2O/c1-11-5-6-12(8-14(11)16-4-2-3-7-20-16)18-10-13(18)9-15(18)17(19)21/h2-8,13,15H,9-10H2,1H3,(H2,19,21). The average molecular weight is 278 g/mol. The molecule has 3 unspecified atom stereocenters. The van der Waals surface area contributed by atoms with E-state index >= 15 is 0 Å². The molecular weight excluding hydrogens is 260 g/mol. The molecule has 2 saturated carbocycles. The third-order valence-electron chi connectivity index (χ3n) is 5.35. The van der Waals surface area contributed by atoms with E-state index in [1.54, 1.807) is 0 Å². The number of aromatic nitrogens is 1. The van der Waals surface area contributed by atoms with Crippen molar-refractivity contribution in [1.29, 1.82) is 0 Å². The number of amides is 1. The van der Waals surface area contributed by atoms with E-state index in [1.807, 2.05) is 24.4 Å². The highest BCUT2D eigenvalue weighted by Crippen LogP contribution is 2.71. The van der Waals surface area contributed by atoms with Crippen molar-refractivity contribution in [3.8, 4) is 11.3 Å². The highest BCUT2D eigenvalue weighted by molar-refractivity contribution is 5.82. The predicted molar refractivity (Wildman–Crippen MR) is 81.5 cm³/mol. The van der Waals surface area contributed by atoms with Gasteiger partial charge in [0.15, 0.2) is 0 Å². The Balaban J connectivity index is 1.78. The molecule has 2 N–H and O–H groups in total. The Hall–Kier alpha value is -2.16. The van der Waals surface area contributed by atoms with Gasteiger partial charge in [0.1, 0.15) is 0 Å². The first-order chi connectivity index (χ1) is 10.1. The maximum absolute atomic E-state index is 11.6. The Kier molecular flexibility index (Phi) is 2.49. The number of rotatable bonds is 3. The Labute approximate surface area is 124 Å². The number of pyridine rings is 1. The van der Waals surface area contributed by atoms with Gasteiger partial charge in [-0.3, -0.25) is 9.78 Å². The molecule has 3 nitrogen and oxygen atoms in total. The predicted octanol–water partition coefficient (Wildman–Crippen LogP) is 2.82. The monoisotopic (exact) mass is 278 g/mol. The molecule has 2 aromatic rings. The number of hydrogen-bond acceptors (Lipinski definition) is 2. The van der Waals surface area contributed by atoms with Crippen molar-refractivity contribution < 1.29 is 4.79 Å². The van der Waals surface area contributed by atoms with Crippen LogP contribution in [0.2, 0.25) is 0 Å². The summed E-state index contributed by atoms with van der Waals surface area (Å²) in [6.45, 7) is 2.10. The Bertz CT molecular complexity index is 725. The van der Waals surface area contributed by atoms with Crippen molar-refractivity contribution in [3.63, 3.8) is 0 Å². The van der Waals surface area contributed by atoms with Crippen molar-refractivity contribution in [1.82, 2.24) is 4.98 Å². The molecule has 4 rings (SSSR count). The first-order valence-corrected chi connectivity index (χ1v) is 7.45. The van der Waals surface area contributed by atoms with E-state index in [9.17, 15) is 4.79 Å². The second-order valence-electron chi connectivity index (χ2n) is 6.38. The van der Waals surface area contributed by atoms with E-state index in [0.717, 1.165) is 24.1 Å². The second-order valence-corrected chi connectivity index (χ2v) is 6.38. The molecule has 0 spiro atoms. The van der Waals surface area contributed by atoms with Crippen LogP contribution < -0.4 is 5.73 Å². The molecule has 0 bridgehead atoms. The quantitative estimate of drug-likeness (QED) is 0.938. The Morgan fingerprint density at radius 3 is 2.81 bits per heavy atom. The number of fused-ring (bicyclic) bond motifs is 1. The lowest BCUT2D eigenvalue weighted by Gasteiger charge is -2.35. The molecule has 2 aliphatic carbocycles. The van der Waals surface area contributed by atoms with Crippen LogP contribution in [0, 0.1) is 18.8 Å². The maximum Gasteiger partial charge on any atom is 0.221 e. The molecule has 106 valence electrons. The van der Waals surface area contributed by atoms with Gasteiger partial charge in [-0.25, -0.2) is 0 Å². The number of hydrogen-bond donors (Lipinski definition) is 1. The smallest absolute Gasteiger partial charge is 0.221 e. The Morgan fingerprint density at radius 2 is 2.19 bits per heavy atom. The molecule has 0 radical (unpaired) electrons. The lowest BCUT2D eigenvalue weighted by atomic mass is 9.68. The van der Waals surface area contributed by atoms with Gasteiger partial charge in [-0.1, -0.05) is 18.2 Å². The van der Waals surface area contributed by atoms with Crippen LogP contribution in [0.1, 0.15) is 24.0 Å². The van der Waals surface area contributed by atoms with E-state index in [2.05, 4.69) is 30.1 Å². The fraction of sp³-hybridized carbons (Fsp3) is 0.333. The van der Waals surface area contributed by atoms with Gasteiger partial charge in [-0.2, -0.15) is 0 Å². The number of carbonyl (C=O) groups excluding carboxylic acids is 1. The zero-order valence-corrected chi connectivity index (χ0v) is 12.0. The van der Waals surface area contributed by atoms with Gasteiger partial charge in [0.05, 0.1) is 5.69 Å². The molecule has 21 heavy (non-hydrogen) atoms. The lowest BCUT2D eigenvalue weighted by Crippen LogP contribution is -2.42. The highest BCUT2D eigenvalue weighted by Gasteiger charge is 2.70. The number of primary amides is 1. The van der Waals surface area contributed by atoms with Crippen LogP contribution in [0.25, 0.3) is 11.3 Å². The number of nitrogens with two attached hydrogens (primary N) is 1. The summed E-state index contributed by atoms with van der Waals surface area (Å²) in [5, 5.41) is 0. The van der Waals surface area contributed by atoms with Gasteiger partial charge in [-0.15, -0.1) is 0 Å². The van der Waals surface area contributed by atoms with Gasteiger partial charge in [0.25, 0.3) is 0 Å². The van der Waals surface area contributed by atoms with Crippen LogP contribution in [0.4, 0.5) is 0 Å². The number of nitrogens with zero attached hydrogens (tertiary/aromatic N) is 1. The first-order valence-electron chi connectivity index (χ1n) is 7.45. The number of carbonyl (C=O) groups is 1. The van der Waals surface area contributed by atoms with Crippen LogP contribution in [0.15, 0.2) is 42.6 Å². The van der Waals surface area contributed by atoms with E-state index in [4.69, 9.17) is 5.73 Å². The lowest BCUT2D eigenvalue weighted by molar-refractivity contribution is -0.125. The summed E-state index contributed by atoms with van der Waals surface area (Å²) in [7, 11) is 0. The summed E-state index contributed by atoms with van der Waals surface area (Å²) in [6, 6.07) is 12.5. The van der Waals surface area contributed by atoms with Crippen LogP contribution in [-0.4, -0.2) is 10.9 Å². The summed E-state index contributed by atoms with van der Waals surface area (Å²) < 4.78 is 0. The fourth-order valence-corrected chi connectivity index (χ4v) is 4.04. The maximum atomic E-state index is 11.6. The summed E-state index contributed by atoms with van der Waals surface area (Å²) >= 11 is 0. The summed E-state index contributed by atoms with van der Waals surface area (Å²) in [5.41, 5.74) is 10.2. The van der Waals surface area contributed by atoms with Crippen molar-refractivity contribution in [2.45, 2.75) is 25.2 Å². The van der Waals surface area contributed by atoms with Crippen molar-refractivity contribution in [3.05, 3.63) is 53.7 Å². The molecule has 2 fully saturated rings. The second kappa shape index (κ2) is 4.17. The molecular formula is C18H18N2O. The Morgan fingerprint density at radius 1 is 1.33 bits per heavy atom. The summed E-state index contributed by atoms with van der Waals surface area (Å²) in [4.78, 5) is 16.1. The van der Waals surface area contributed by atoms with Gasteiger partial charge in [0.2, 0.25) is 5.91 Å². The average Bonchev–Trinajstić information content (AvgIpc) is 3.05. The van der Waals surface area contributed by atoms with Crippen LogP contribution >= 0.6 is 0 Å². The number of aryl methyl sites for hydroxylation is 1. The van der Waals surface area contributed by atoms with Crippen LogP contribution in [0.3, 0.4) is 0 Å². The van der Waals surface area contributed by atoms with Gasteiger partial charge in [-0.05, 0) is 55.0 Å². The van der Waals surface area contributed by atoms with Crippen LogP contribution in [-0.2, 0) is 10.2 Å². The van der Waals surface area contributed by atoms with Crippen molar-refractivity contribution in [2.75, 3.05) is 0 Å². The van der Waals surface area contributed by atoms with Crippen molar-refractivity contribution >= 4 is 5.91 Å². The van der Waals surface area contributed by atoms with Gasteiger partial charge < -0.3 is 5.73 Å². The fourth-order valence-electron chi connectivity index (χ4n) is 4.04. The van der Waals surface area contributed by atoms with Crippen molar-refractivity contribution in [2.24, 2.45) is 17.6 Å². The SMILES string of the molecule is Cc1ccc(C23CC2CC3C(N)=O)cc1-c1ccccn1. The van der Waals surface area contributed by atoms with E-state index in [0.29, 0.717) is 5.92 Å².